The van der Waals surface area contributed by atoms with Crippen molar-refractivity contribution in [2.75, 3.05) is 0 Å². The van der Waals surface area contributed by atoms with Gasteiger partial charge < -0.3 is 11.6 Å². The Hall–Kier alpha value is 1.72. The second-order valence-electron chi connectivity index (χ2n) is 0.715. The van der Waals surface area contributed by atoms with Crippen molar-refractivity contribution in [3.63, 3.8) is 0 Å². The van der Waals surface area contributed by atoms with Gasteiger partial charge in [0.05, 0.1) is 0 Å². The van der Waals surface area contributed by atoms with E-state index in [0.717, 1.165) is 0 Å². The monoisotopic (exact) mass is 314 g/mol. The Kier molecular flexibility index (Phi) is 6.07. The quantitative estimate of drug-likeness (QED) is 0.203. The zero-order chi connectivity index (χ0) is 3.91. The van der Waals surface area contributed by atoms with Gasteiger partial charge in [0.15, 0.2) is 0 Å². The Labute approximate surface area is 82.6 Å². The van der Waals surface area contributed by atoms with E-state index in [-0.39, 0.29) is 57.2 Å². The SMILES string of the molecule is OC1(O)OO1.[BiH3].[H-].[Na+]. The average Bonchev–Trinajstić information content (AvgIpc) is 1.76. The second-order valence-corrected chi connectivity index (χ2v) is 0.715. The summed E-state index contributed by atoms with van der Waals surface area (Å²) in [6.45, 7) is 0. The van der Waals surface area contributed by atoms with Crippen molar-refractivity contribution >= 4 is 26.2 Å². The molecule has 2 N–H and O–H groups in total. The van der Waals surface area contributed by atoms with Crippen LogP contribution in [0.1, 0.15) is 1.43 Å². The van der Waals surface area contributed by atoms with Crippen LogP contribution in [-0.4, -0.2) is 42.6 Å². The van der Waals surface area contributed by atoms with Gasteiger partial charge >= 0.3 is 61.9 Å². The van der Waals surface area contributed by atoms with Gasteiger partial charge in [-0.15, -0.1) is 9.78 Å². The zero-order valence-corrected chi connectivity index (χ0v) is 11.4. The minimum atomic E-state index is -2.25. The van der Waals surface area contributed by atoms with Gasteiger partial charge in [0.2, 0.25) is 0 Å². The molecule has 0 saturated carbocycles. The van der Waals surface area contributed by atoms with Gasteiger partial charge in [-0.2, -0.15) is 0 Å². The Balaban J connectivity index is -0.0000000833. The van der Waals surface area contributed by atoms with Crippen LogP contribution in [-0.2, 0) is 9.78 Å². The van der Waals surface area contributed by atoms with E-state index in [1.165, 1.54) is 0 Å². The third-order valence-corrected chi connectivity index (χ3v) is 0.232. The van der Waals surface area contributed by atoms with E-state index in [9.17, 15) is 0 Å². The van der Waals surface area contributed by atoms with Crippen molar-refractivity contribution in [2.24, 2.45) is 0 Å². The molecule has 0 aliphatic carbocycles. The van der Waals surface area contributed by atoms with Gasteiger partial charge in [0.1, 0.15) is 0 Å². The molecule has 1 aliphatic heterocycles. The standard InChI is InChI=1S/CH2O4.Bi.Na.4H/c2-1(3)4-5-1;;;;;;/h2-3H;;;;;;/q;;+1;;;;-1. The molecule has 7 heavy (non-hydrogen) atoms. The third-order valence-electron chi connectivity index (χ3n) is 0.232. The maximum Gasteiger partial charge on any atom is 1.00 e. The van der Waals surface area contributed by atoms with Crippen LogP contribution in [0.5, 0.6) is 0 Å². The molecule has 6 heteroatoms. The molecule has 40 valence electrons. The molecule has 0 radical (unpaired) electrons. The van der Waals surface area contributed by atoms with E-state index in [1.807, 2.05) is 0 Å². The normalized spacial score (nSPS) is 21.4. The molecule has 0 unspecified atom stereocenters. The summed E-state index contributed by atoms with van der Waals surface area (Å²) in [6.07, 6.45) is -2.25. The largest absolute Gasteiger partial charge is 1.00 e. The van der Waals surface area contributed by atoms with Crippen LogP contribution in [0.4, 0.5) is 0 Å². The predicted molar refractivity (Wildman–Crippen MR) is 20.4 cm³/mol. The van der Waals surface area contributed by atoms with Gasteiger partial charge in [-0.3, -0.25) is 0 Å². The first kappa shape index (κ1) is 11.5. The van der Waals surface area contributed by atoms with Crippen molar-refractivity contribution in [2.45, 2.75) is 6.16 Å². The average molecular weight is 314 g/mol. The van der Waals surface area contributed by atoms with Crippen molar-refractivity contribution in [1.29, 1.82) is 0 Å². The van der Waals surface area contributed by atoms with Gasteiger partial charge in [0.25, 0.3) is 0 Å². The van der Waals surface area contributed by atoms with Crippen LogP contribution in [0.25, 0.3) is 0 Å². The number of aliphatic hydroxyl groups is 2. The van der Waals surface area contributed by atoms with E-state index in [4.69, 9.17) is 10.2 Å². The fraction of sp³-hybridized carbons (Fsp3) is 1.00. The third kappa shape index (κ3) is 5.60. The first-order chi connectivity index (χ1) is 2.21. The van der Waals surface area contributed by atoms with Gasteiger partial charge in [-0.1, -0.05) is 0 Å². The second kappa shape index (κ2) is 3.69. The first-order valence-corrected chi connectivity index (χ1v) is 1.02. The molecule has 1 aliphatic rings. The Bertz CT molecular complexity index is 54.0. The number of rotatable bonds is 0. The van der Waals surface area contributed by atoms with Gasteiger partial charge in [-0.25, -0.2) is 0 Å². The summed E-state index contributed by atoms with van der Waals surface area (Å²) in [5, 5.41) is 15.5. The van der Waals surface area contributed by atoms with Crippen molar-refractivity contribution in [3.8, 4) is 0 Å². The summed E-state index contributed by atoms with van der Waals surface area (Å²) >= 11 is 0. The van der Waals surface area contributed by atoms with Crippen molar-refractivity contribution in [1.82, 2.24) is 0 Å². The smallest absolute Gasteiger partial charge is 1.00 e. The van der Waals surface area contributed by atoms with E-state index in [0.29, 0.717) is 0 Å². The van der Waals surface area contributed by atoms with Crippen LogP contribution in [0.15, 0.2) is 0 Å². The predicted octanol–water partition coefficient (Wildman–Crippen LogP) is -5.52. The molecule has 0 bridgehead atoms. The molecular formula is CH6BiNaO4. The minimum Gasteiger partial charge on any atom is -1.00 e. The fourth-order valence-electron chi connectivity index (χ4n) is 0.0373. The van der Waals surface area contributed by atoms with Crippen molar-refractivity contribution in [3.05, 3.63) is 0 Å². The molecule has 4 nitrogen and oxygen atoms in total. The molecule has 1 heterocycles. The molecule has 0 aromatic carbocycles. The molecule has 0 aromatic heterocycles. The molecular weight excluding hydrogens is 308 g/mol. The summed E-state index contributed by atoms with van der Waals surface area (Å²) in [5.41, 5.74) is 0. The molecule has 0 amide bonds. The molecule has 1 fully saturated rings. The van der Waals surface area contributed by atoms with Crippen LogP contribution >= 0.6 is 0 Å². The number of hydrogen-bond donors (Lipinski definition) is 2. The van der Waals surface area contributed by atoms with E-state index in [2.05, 4.69) is 9.78 Å². The minimum absolute atomic E-state index is 0. The van der Waals surface area contributed by atoms with E-state index in [1.54, 1.807) is 0 Å². The van der Waals surface area contributed by atoms with E-state index < -0.39 is 6.16 Å². The maximum absolute atomic E-state index is 7.74. The molecule has 1 rings (SSSR count). The molecule has 0 spiro atoms. The Morgan fingerprint density at radius 3 is 1.43 bits per heavy atom. The first-order valence-electron chi connectivity index (χ1n) is 1.02. The van der Waals surface area contributed by atoms with Gasteiger partial charge in [0, 0.05) is 0 Å². The van der Waals surface area contributed by atoms with Crippen LogP contribution in [0.2, 0.25) is 0 Å². The molecule has 0 atom stereocenters. The van der Waals surface area contributed by atoms with Gasteiger partial charge in [-0.05, 0) is 0 Å². The topological polar surface area (TPSA) is 65.5 Å². The fourth-order valence-corrected chi connectivity index (χ4v) is 0.0373. The number of hydrogen-bond acceptors (Lipinski definition) is 4. The summed E-state index contributed by atoms with van der Waals surface area (Å²) in [7, 11) is 0. The van der Waals surface area contributed by atoms with Crippen molar-refractivity contribution < 1.29 is 51.0 Å². The Morgan fingerprint density at radius 1 is 1.29 bits per heavy atom. The van der Waals surface area contributed by atoms with Crippen LogP contribution in [0, 0.1) is 0 Å². The summed E-state index contributed by atoms with van der Waals surface area (Å²) < 4.78 is 0. The van der Waals surface area contributed by atoms with Crippen LogP contribution < -0.4 is 29.6 Å². The molecule has 1 saturated heterocycles. The summed E-state index contributed by atoms with van der Waals surface area (Å²) in [6, 6.07) is 0. The maximum atomic E-state index is 7.74. The zero-order valence-electron chi connectivity index (χ0n) is 4.92. The summed E-state index contributed by atoms with van der Waals surface area (Å²) in [5.74, 6) is 0. The molecule has 0 aromatic rings. The van der Waals surface area contributed by atoms with Crippen LogP contribution in [0.3, 0.4) is 0 Å². The summed E-state index contributed by atoms with van der Waals surface area (Å²) in [4.78, 5) is 7.01. The Morgan fingerprint density at radius 2 is 1.43 bits per heavy atom. The van der Waals surface area contributed by atoms with E-state index >= 15 is 0 Å².